The molecule has 0 atom stereocenters. The summed E-state index contributed by atoms with van der Waals surface area (Å²) in [6.45, 7) is -1.58. The second-order valence-electron chi connectivity index (χ2n) is 5.12. The molecular formula is C16H13N4+. The Labute approximate surface area is 119 Å². The van der Waals surface area contributed by atoms with Crippen molar-refractivity contribution in [2.45, 2.75) is 6.54 Å². The molecule has 0 fully saturated rings. The van der Waals surface area contributed by atoms with E-state index in [0.717, 1.165) is 28.1 Å². The Balaban J connectivity index is 2.01. The lowest BCUT2D eigenvalue weighted by atomic mass is 10.1. The Hall–Kier alpha value is -2.62. The molecule has 4 heterocycles. The first-order chi connectivity index (χ1) is 11.1. The van der Waals surface area contributed by atoms with Gasteiger partial charge in [0.25, 0.3) is 5.82 Å². The number of imidazole rings is 1. The summed E-state index contributed by atoms with van der Waals surface area (Å²) in [6, 6.07) is 9.80. The van der Waals surface area contributed by atoms with E-state index in [-0.39, 0.29) is 0 Å². The summed E-state index contributed by atoms with van der Waals surface area (Å²) in [5.74, 6) is 0.735. The zero-order valence-electron chi connectivity index (χ0n) is 13.6. The van der Waals surface area contributed by atoms with E-state index in [1.165, 1.54) is 4.57 Å². The number of hydrogen-bond donors (Lipinski definition) is 0. The van der Waals surface area contributed by atoms with Crippen molar-refractivity contribution in [1.82, 2.24) is 14.0 Å². The largest absolute Gasteiger partial charge is 0.300 e. The van der Waals surface area contributed by atoms with Crippen LogP contribution in [0, 0.1) is 0 Å². The normalized spacial score (nSPS) is 15.9. The minimum atomic E-state index is -2.25. The molecule has 1 aliphatic heterocycles. The fourth-order valence-corrected chi connectivity index (χ4v) is 3.21. The molecule has 96 valence electrons. The van der Waals surface area contributed by atoms with Crippen LogP contribution in [0.4, 0.5) is 0 Å². The number of nitrogens with zero attached hydrogens (tertiary/aromatic N) is 4. The van der Waals surface area contributed by atoms with E-state index in [2.05, 4.69) is 9.55 Å². The van der Waals surface area contributed by atoms with Crippen LogP contribution in [0.2, 0.25) is 0 Å². The van der Waals surface area contributed by atoms with E-state index >= 15 is 0 Å². The third-order valence-corrected chi connectivity index (χ3v) is 4.05. The maximum atomic E-state index is 8.01. The molecule has 5 rings (SSSR count). The summed E-state index contributed by atoms with van der Waals surface area (Å²) in [5.41, 5.74) is 4.45. The Morgan fingerprint density at radius 1 is 1.30 bits per heavy atom. The average molecular weight is 264 g/mol. The molecule has 1 aliphatic rings. The molecule has 0 spiro atoms. The number of aromatic nitrogens is 4. The van der Waals surface area contributed by atoms with E-state index in [4.69, 9.17) is 4.11 Å². The number of aryl methyl sites for hydroxylation is 1. The molecule has 0 bridgehead atoms. The van der Waals surface area contributed by atoms with E-state index in [1.807, 2.05) is 47.1 Å². The van der Waals surface area contributed by atoms with Crippen molar-refractivity contribution < 1.29 is 8.68 Å². The smallest absolute Gasteiger partial charge is 0.290 e. The van der Waals surface area contributed by atoms with Crippen LogP contribution in [0.1, 0.15) is 9.68 Å². The van der Waals surface area contributed by atoms with Crippen LogP contribution in [-0.2, 0) is 13.5 Å². The van der Waals surface area contributed by atoms with E-state index in [1.54, 1.807) is 6.20 Å². The van der Waals surface area contributed by atoms with Crippen molar-refractivity contribution in [3.63, 3.8) is 0 Å². The fourth-order valence-electron chi connectivity index (χ4n) is 3.21. The highest BCUT2D eigenvalue weighted by Gasteiger charge is 2.34. The highest BCUT2D eigenvalue weighted by molar-refractivity contribution is 5.89. The van der Waals surface area contributed by atoms with Gasteiger partial charge in [0, 0.05) is 18.0 Å². The molecule has 0 amide bonds. The molecule has 0 aliphatic carbocycles. The van der Waals surface area contributed by atoms with Gasteiger partial charge in [0.2, 0.25) is 5.52 Å². The van der Waals surface area contributed by atoms with Crippen molar-refractivity contribution in [1.29, 1.82) is 0 Å². The topological polar surface area (TPSA) is 26.1 Å². The predicted molar refractivity (Wildman–Crippen MR) is 76.4 cm³/mol. The monoisotopic (exact) mass is 264 g/mol. The van der Waals surface area contributed by atoms with Crippen LogP contribution in [0.25, 0.3) is 28.1 Å². The van der Waals surface area contributed by atoms with E-state index < -0.39 is 6.98 Å². The zero-order valence-corrected chi connectivity index (χ0v) is 10.6. The van der Waals surface area contributed by atoms with Crippen LogP contribution in [0.5, 0.6) is 0 Å². The molecule has 1 aromatic carbocycles. The summed E-state index contributed by atoms with van der Waals surface area (Å²) in [6.07, 6.45) is 5.47. The minimum Gasteiger partial charge on any atom is -0.300 e. The van der Waals surface area contributed by atoms with Gasteiger partial charge < -0.3 is 4.40 Å². The Morgan fingerprint density at radius 3 is 3.20 bits per heavy atom. The van der Waals surface area contributed by atoms with Gasteiger partial charge in [-0.05, 0) is 12.1 Å². The number of benzene rings is 1. The molecule has 4 nitrogen and oxygen atoms in total. The number of rotatable bonds is 0. The van der Waals surface area contributed by atoms with Gasteiger partial charge in [0.15, 0.2) is 11.2 Å². The van der Waals surface area contributed by atoms with Crippen molar-refractivity contribution in [2.75, 3.05) is 0 Å². The predicted octanol–water partition coefficient (Wildman–Crippen LogP) is 2.14. The quantitative estimate of drug-likeness (QED) is 0.394. The molecule has 20 heavy (non-hydrogen) atoms. The lowest BCUT2D eigenvalue weighted by Crippen LogP contribution is -2.31. The summed E-state index contributed by atoms with van der Waals surface area (Å²) in [5, 5.41) is 0. The third-order valence-electron chi connectivity index (χ3n) is 4.05. The Morgan fingerprint density at radius 2 is 2.25 bits per heavy atom. The van der Waals surface area contributed by atoms with Crippen LogP contribution < -0.4 is 4.57 Å². The fraction of sp³-hybridized carbons (Fsp3) is 0.125. The lowest BCUT2D eigenvalue weighted by Gasteiger charge is -1.94. The van der Waals surface area contributed by atoms with Gasteiger partial charge in [-0.25, -0.2) is 14.1 Å². The highest BCUT2D eigenvalue weighted by Crippen LogP contribution is 2.31. The summed E-state index contributed by atoms with van der Waals surface area (Å²) < 4.78 is 29.4. The first-order valence-electron chi connectivity index (χ1n) is 8.04. The van der Waals surface area contributed by atoms with Crippen molar-refractivity contribution in [3.05, 3.63) is 54.5 Å². The van der Waals surface area contributed by atoms with Crippen LogP contribution in [-0.4, -0.2) is 14.0 Å². The Bertz CT molecular complexity index is 1090. The second kappa shape index (κ2) is 3.28. The zero-order chi connectivity index (χ0) is 15.8. The van der Waals surface area contributed by atoms with Crippen molar-refractivity contribution >= 4 is 16.7 Å². The van der Waals surface area contributed by atoms with Crippen molar-refractivity contribution in [2.24, 2.45) is 6.98 Å². The SMILES string of the molecule is [2H]C([2H])([2H])n1c2[n+](c3c1cn1cccnc31)Cc1ccccc1-2. The third kappa shape index (κ3) is 1.04. The van der Waals surface area contributed by atoms with E-state index in [9.17, 15) is 0 Å². The maximum absolute atomic E-state index is 8.01. The van der Waals surface area contributed by atoms with Crippen LogP contribution >= 0.6 is 0 Å². The minimum absolute atomic E-state index is 0.668. The first kappa shape index (κ1) is 7.85. The molecule has 0 radical (unpaired) electrons. The van der Waals surface area contributed by atoms with Gasteiger partial charge in [-0.15, -0.1) is 0 Å². The maximum Gasteiger partial charge on any atom is 0.290 e. The van der Waals surface area contributed by atoms with Gasteiger partial charge in [-0.1, -0.05) is 18.2 Å². The van der Waals surface area contributed by atoms with Crippen LogP contribution in [0.3, 0.4) is 0 Å². The van der Waals surface area contributed by atoms with Crippen molar-refractivity contribution in [3.8, 4) is 11.4 Å². The molecule has 0 saturated carbocycles. The van der Waals surface area contributed by atoms with Gasteiger partial charge in [0.1, 0.15) is 6.54 Å². The summed E-state index contributed by atoms with van der Waals surface area (Å²) >= 11 is 0. The molecule has 4 aromatic rings. The summed E-state index contributed by atoms with van der Waals surface area (Å²) in [7, 11) is 0. The standard InChI is InChI=1S/C16H13N4/c1-18-13-10-19-8-4-7-17-15(19)14(13)20-9-11-5-2-3-6-12(11)16(18)20/h2-8,10H,9H2,1H3/q+1/i1D3. The first-order valence-corrected chi connectivity index (χ1v) is 6.54. The van der Waals surface area contributed by atoms with Gasteiger partial charge in [0.05, 0.1) is 22.8 Å². The molecule has 4 heteroatoms. The molecule has 0 saturated heterocycles. The second-order valence-corrected chi connectivity index (χ2v) is 5.12. The number of fused-ring (bicyclic) bond motifs is 7. The lowest BCUT2D eigenvalue weighted by molar-refractivity contribution is -0.645. The van der Waals surface area contributed by atoms with Gasteiger partial charge in [-0.3, -0.25) is 0 Å². The molecule has 0 unspecified atom stereocenters. The Kier molecular flexibility index (Phi) is 1.29. The molecule has 3 aromatic heterocycles. The van der Waals surface area contributed by atoms with Gasteiger partial charge >= 0.3 is 0 Å². The number of hydrogen-bond acceptors (Lipinski definition) is 1. The summed E-state index contributed by atoms with van der Waals surface area (Å²) in [4.78, 5) is 4.45. The van der Waals surface area contributed by atoms with Crippen LogP contribution in [0.15, 0.2) is 48.9 Å². The molecular weight excluding hydrogens is 248 g/mol. The van der Waals surface area contributed by atoms with E-state index in [0.29, 0.717) is 12.1 Å². The van der Waals surface area contributed by atoms with Gasteiger partial charge in [-0.2, -0.15) is 0 Å². The highest BCUT2D eigenvalue weighted by atomic mass is 15.2. The molecule has 0 N–H and O–H groups in total. The average Bonchev–Trinajstić information content (AvgIpc) is 3.12.